The number of halogens is 2. The first-order valence-electron chi connectivity index (χ1n) is 7.90. The Morgan fingerprint density at radius 1 is 1.11 bits per heavy atom. The average Bonchev–Trinajstić information content (AvgIpc) is 3.21. The summed E-state index contributed by atoms with van der Waals surface area (Å²) in [6.45, 7) is 0. The van der Waals surface area contributed by atoms with Crippen molar-refractivity contribution in [3.05, 3.63) is 82.2 Å². The van der Waals surface area contributed by atoms with Gasteiger partial charge in [0.15, 0.2) is 4.32 Å². The van der Waals surface area contributed by atoms with Gasteiger partial charge in [0.2, 0.25) is 0 Å². The monoisotopic (exact) mass is 415 g/mol. The molecule has 0 spiro atoms. The zero-order valence-corrected chi connectivity index (χ0v) is 16.1. The van der Waals surface area contributed by atoms with Crippen molar-refractivity contribution < 1.29 is 13.6 Å². The van der Waals surface area contributed by atoms with Crippen LogP contribution in [0.4, 0.5) is 10.1 Å². The third-order valence-electron chi connectivity index (χ3n) is 3.89. The maximum Gasteiger partial charge on any atom is 0.270 e. The van der Waals surface area contributed by atoms with Gasteiger partial charge >= 0.3 is 0 Å². The van der Waals surface area contributed by atoms with Crippen LogP contribution < -0.4 is 4.90 Å². The van der Waals surface area contributed by atoms with Gasteiger partial charge in [0.1, 0.15) is 17.3 Å². The largest absolute Gasteiger partial charge is 0.457 e. The van der Waals surface area contributed by atoms with Crippen molar-refractivity contribution in [3.63, 3.8) is 0 Å². The Bertz CT molecular complexity index is 1080. The molecule has 0 aliphatic carbocycles. The number of thiocarbonyl (C=S) groups is 1. The van der Waals surface area contributed by atoms with Gasteiger partial charge in [-0.3, -0.25) is 9.69 Å². The molecule has 2 heterocycles. The Morgan fingerprint density at radius 2 is 1.89 bits per heavy atom. The lowest BCUT2D eigenvalue weighted by Gasteiger charge is -2.14. The first-order valence-corrected chi connectivity index (χ1v) is 9.51. The lowest BCUT2D eigenvalue weighted by Crippen LogP contribution is -2.27. The Labute approximate surface area is 169 Å². The normalized spacial score (nSPS) is 15.8. The second kappa shape index (κ2) is 7.31. The minimum Gasteiger partial charge on any atom is -0.457 e. The van der Waals surface area contributed by atoms with Gasteiger partial charge in [0, 0.05) is 16.7 Å². The molecule has 0 bridgehead atoms. The van der Waals surface area contributed by atoms with E-state index in [1.807, 2.05) is 0 Å². The molecule has 0 atom stereocenters. The van der Waals surface area contributed by atoms with Crippen LogP contribution in [0.25, 0.3) is 17.4 Å². The van der Waals surface area contributed by atoms with Crippen LogP contribution in [0, 0.1) is 5.82 Å². The van der Waals surface area contributed by atoms with Crippen LogP contribution in [0.2, 0.25) is 5.02 Å². The standard InChI is InChI=1S/C20H11ClFNO2S2/c21-13-2-1-3-15(10-13)23-19(24)18(27-20(23)26)11-16-8-9-17(25-16)12-4-6-14(22)7-5-12/h1-11H. The smallest absolute Gasteiger partial charge is 0.270 e. The Morgan fingerprint density at radius 3 is 2.63 bits per heavy atom. The van der Waals surface area contributed by atoms with Crippen LogP contribution in [0.5, 0.6) is 0 Å². The molecule has 3 aromatic rings. The first-order chi connectivity index (χ1) is 13.0. The molecule has 134 valence electrons. The topological polar surface area (TPSA) is 33.5 Å². The predicted octanol–water partition coefficient (Wildman–Crippen LogP) is 6.14. The lowest BCUT2D eigenvalue weighted by atomic mass is 10.2. The van der Waals surface area contributed by atoms with E-state index in [0.717, 1.165) is 5.56 Å². The highest BCUT2D eigenvalue weighted by Crippen LogP contribution is 2.37. The molecule has 4 rings (SSSR count). The van der Waals surface area contributed by atoms with Crippen molar-refractivity contribution >= 4 is 57.6 Å². The molecule has 7 heteroatoms. The SMILES string of the molecule is O=C1C(=Cc2ccc(-c3ccc(F)cc3)o2)SC(=S)N1c1cccc(Cl)c1. The summed E-state index contributed by atoms with van der Waals surface area (Å²) in [5.41, 5.74) is 1.38. The van der Waals surface area contributed by atoms with Gasteiger partial charge in [-0.05, 0) is 54.6 Å². The van der Waals surface area contributed by atoms with E-state index >= 15 is 0 Å². The molecule has 1 aliphatic heterocycles. The van der Waals surface area contributed by atoms with Crippen molar-refractivity contribution in [2.45, 2.75) is 0 Å². The van der Waals surface area contributed by atoms with E-state index in [1.54, 1.807) is 54.6 Å². The predicted molar refractivity (Wildman–Crippen MR) is 111 cm³/mol. The van der Waals surface area contributed by atoms with E-state index in [2.05, 4.69) is 0 Å². The molecule has 2 aromatic carbocycles. The highest BCUT2D eigenvalue weighted by atomic mass is 35.5. The van der Waals surface area contributed by atoms with Crippen LogP contribution >= 0.6 is 35.6 Å². The molecule has 27 heavy (non-hydrogen) atoms. The summed E-state index contributed by atoms with van der Waals surface area (Å²) in [4.78, 5) is 14.7. The third-order valence-corrected chi connectivity index (χ3v) is 5.43. The summed E-state index contributed by atoms with van der Waals surface area (Å²) in [6, 6.07) is 16.5. The van der Waals surface area contributed by atoms with Crippen molar-refractivity contribution in [1.82, 2.24) is 0 Å². The fourth-order valence-corrected chi connectivity index (χ4v) is 4.10. The van der Waals surface area contributed by atoms with E-state index in [1.165, 1.54) is 28.8 Å². The van der Waals surface area contributed by atoms with Crippen LogP contribution in [0.1, 0.15) is 5.76 Å². The second-order valence-electron chi connectivity index (χ2n) is 5.71. The van der Waals surface area contributed by atoms with Gasteiger partial charge in [-0.25, -0.2) is 4.39 Å². The molecule has 0 N–H and O–H groups in total. The number of carbonyl (C=O) groups is 1. The number of amides is 1. The van der Waals surface area contributed by atoms with Crippen molar-refractivity contribution in [1.29, 1.82) is 0 Å². The number of furan rings is 1. The molecule has 0 radical (unpaired) electrons. The maximum absolute atomic E-state index is 13.1. The molecule has 1 saturated heterocycles. The fourth-order valence-electron chi connectivity index (χ4n) is 2.63. The third kappa shape index (κ3) is 3.69. The average molecular weight is 416 g/mol. The fraction of sp³-hybridized carbons (Fsp3) is 0. The van der Waals surface area contributed by atoms with Gasteiger partial charge in [-0.1, -0.05) is 41.6 Å². The Balaban J connectivity index is 1.61. The highest BCUT2D eigenvalue weighted by Gasteiger charge is 2.33. The van der Waals surface area contributed by atoms with Gasteiger partial charge < -0.3 is 4.42 Å². The molecule has 1 amide bonds. The molecule has 0 saturated carbocycles. The van der Waals surface area contributed by atoms with Gasteiger partial charge in [-0.15, -0.1) is 0 Å². The van der Waals surface area contributed by atoms with Crippen LogP contribution in [-0.4, -0.2) is 10.2 Å². The van der Waals surface area contributed by atoms with E-state index in [0.29, 0.717) is 31.5 Å². The summed E-state index contributed by atoms with van der Waals surface area (Å²) in [5, 5.41) is 0.528. The Kier molecular flexibility index (Phi) is 4.86. The molecule has 1 aliphatic rings. The van der Waals surface area contributed by atoms with Gasteiger partial charge in [0.25, 0.3) is 5.91 Å². The van der Waals surface area contributed by atoms with Crippen molar-refractivity contribution in [2.24, 2.45) is 0 Å². The number of nitrogens with zero attached hydrogens (tertiary/aromatic N) is 1. The number of rotatable bonds is 3. The summed E-state index contributed by atoms with van der Waals surface area (Å²) in [6.07, 6.45) is 1.65. The molecular weight excluding hydrogens is 405 g/mol. The molecule has 1 aromatic heterocycles. The highest BCUT2D eigenvalue weighted by molar-refractivity contribution is 8.27. The van der Waals surface area contributed by atoms with Crippen LogP contribution in [0.3, 0.4) is 0 Å². The zero-order valence-electron chi connectivity index (χ0n) is 13.7. The summed E-state index contributed by atoms with van der Waals surface area (Å²) >= 11 is 12.6. The quantitative estimate of drug-likeness (QED) is 0.379. The van der Waals surface area contributed by atoms with Crippen molar-refractivity contribution in [2.75, 3.05) is 4.90 Å². The maximum atomic E-state index is 13.1. The Hall–Kier alpha value is -2.41. The van der Waals surface area contributed by atoms with E-state index in [4.69, 9.17) is 28.2 Å². The van der Waals surface area contributed by atoms with Gasteiger partial charge in [0.05, 0.1) is 10.6 Å². The number of thioether (sulfide) groups is 1. The molecule has 3 nitrogen and oxygen atoms in total. The van der Waals surface area contributed by atoms with Gasteiger partial charge in [-0.2, -0.15) is 0 Å². The van der Waals surface area contributed by atoms with Crippen LogP contribution in [0.15, 0.2) is 70.0 Å². The van der Waals surface area contributed by atoms with Crippen molar-refractivity contribution in [3.8, 4) is 11.3 Å². The van der Waals surface area contributed by atoms with E-state index < -0.39 is 0 Å². The number of carbonyl (C=O) groups excluding carboxylic acids is 1. The summed E-state index contributed by atoms with van der Waals surface area (Å²) < 4.78 is 19.3. The van der Waals surface area contributed by atoms with E-state index in [-0.39, 0.29) is 11.7 Å². The molecular formula is C20H11ClFNO2S2. The number of benzene rings is 2. The number of hydrogen-bond donors (Lipinski definition) is 0. The number of hydrogen-bond acceptors (Lipinski definition) is 4. The molecule has 1 fully saturated rings. The summed E-state index contributed by atoms with van der Waals surface area (Å²) in [5.74, 6) is 0.565. The minimum atomic E-state index is -0.310. The number of anilines is 1. The van der Waals surface area contributed by atoms with E-state index in [9.17, 15) is 9.18 Å². The first kappa shape index (κ1) is 18.0. The molecule has 0 unspecified atom stereocenters. The van der Waals surface area contributed by atoms with Crippen LogP contribution in [-0.2, 0) is 4.79 Å². The minimum absolute atomic E-state index is 0.230. The second-order valence-corrected chi connectivity index (χ2v) is 7.82. The lowest BCUT2D eigenvalue weighted by molar-refractivity contribution is -0.113. The zero-order chi connectivity index (χ0) is 19.0. The summed E-state index contributed by atoms with van der Waals surface area (Å²) in [7, 11) is 0.